The molecule has 0 bridgehead atoms. The fourth-order valence-electron chi connectivity index (χ4n) is 1.54. The summed E-state index contributed by atoms with van der Waals surface area (Å²) >= 11 is 0. The molecule has 98 valence electrons. The molecular weight excluding hydrogens is 267 g/mol. The largest absolute Gasteiger partial charge is 0.288 e. The normalized spacial score (nSPS) is 10.6. The van der Waals surface area contributed by atoms with Crippen molar-refractivity contribution in [1.82, 2.24) is 0 Å². The second-order valence-corrected chi connectivity index (χ2v) is 3.71. The summed E-state index contributed by atoms with van der Waals surface area (Å²) in [5, 5.41) is 0. The van der Waals surface area contributed by atoms with Gasteiger partial charge in [-0.05, 0) is 24.3 Å². The first kappa shape index (κ1) is 13.2. The summed E-state index contributed by atoms with van der Waals surface area (Å²) in [6.07, 6.45) is 0. The van der Waals surface area contributed by atoms with Crippen molar-refractivity contribution < 1.29 is 26.7 Å². The van der Waals surface area contributed by atoms with Gasteiger partial charge in [0.2, 0.25) is 0 Å². The van der Waals surface area contributed by atoms with Crippen LogP contribution in [0.5, 0.6) is 0 Å². The zero-order chi connectivity index (χ0) is 14.2. The molecule has 19 heavy (non-hydrogen) atoms. The minimum atomic E-state index is -1.82. The Labute approximate surface area is 104 Å². The van der Waals surface area contributed by atoms with Gasteiger partial charge >= 0.3 is 0 Å². The predicted molar refractivity (Wildman–Crippen MR) is 56.1 cm³/mol. The molecule has 0 aromatic heterocycles. The third kappa shape index (κ3) is 2.47. The zero-order valence-corrected chi connectivity index (χ0v) is 9.18. The number of hydrogen-bond donors (Lipinski definition) is 0. The van der Waals surface area contributed by atoms with Gasteiger partial charge in [-0.15, -0.1) is 0 Å². The second-order valence-electron chi connectivity index (χ2n) is 3.71. The van der Waals surface area contributed by atoms with Gasteiger partial charge in [-0.2, -0.15) is 0 Å². The highest BCUT2D eigenvalue weighted by Gasteiger charge is 2.20. The van der Waals surface area contributed by atoms with Gasteiger partial charge in [-0.25, -0.2) is 22.0 Å². The molecular formula is C13H5F5O. The van der Waals surface area contributed by atoms with E-state index in [1.54, 1.807) is 0 Å². The number of carbonyl (C=O) groups is 1. The van der Waals surface area contributed by atoms with Crippen LogP contribution in [-0.4, -0.2) is 5.78 Å². The lowest BCUT2D eigenvalue weighted by atomic mass is 10.0. The molecule has 0 saturated carbocycles. The highest BCUT2D eigenvalue weighted by Crippen LogP contribution is 2.19. The van der Waals surface area contributed by atoms with E-state index in [9.17, 15) is 26.7 Å². The summed E-state index contributed by atoms with van der Waals surface area (Å²) in [6.45, 7) is 0. The van der Waals surface area contributed by atoms with Crippen LogP contribution in [0.2, 0.25) is 0 Å². The van der Waals surface area contributed by atoms with E-state index in [0.717, 1.165) is 0 Å². The van der Waals surface area contributed by atoms with E-state index in [0.29, 0.717) is 30.3 Å². The summed E-state index contributed by atoms with van der Waals surface area (Å²) in [5.74, 6) is -8.19. The van der Waals surface area contributed by atoms with E-state index in [1.807, 2.05) is 0 Å². The Bertz CT molecular complexity index is 646. The molecule has 2 rings (SSSR count). The lowest BCUT2D eigenvalue weighted by Crippen LogP contribution is -2.08. The quantitative estimate of drug-likeness (QED) is 0.463. The molecule has 0 aliphatic rings. The van der Waals surface area contributed by atoms with E-state index in [1.165, 1.54) is 0 Å². The maximum absolute atomic E-state index is 13.4. The summed E-state index contributed by atoms with van der Waals surface area (Å²) in [5.41, 5.74) is -1.30. The fraction of sp³-hybridized carbons (Fsp3) is 0. The van der Waals surface area contributed by atoms with Crippen LogP contribution in [0.4, 0.5) is 22.0 Å². The average Bonchev–Trinajstić information content (AvgIpc) is 2.34. The average molecular weight is 272 g/mol. The van der Waals surface area contributed by atoms with Gasteiger partial charge in [0.1, 0.15) is 11.6 Å². The molecule has 0 atom stereocenters. The molecule has 1 nitrogen and oxygen atoms in total. The minimum absolute atomic E-state index is 0.498. The van der Waals surface area contributed by atoms with E-state index < -0.39 is 46.0 Å². The van der Waals surface area contributed by atoms with E-state index in [2.05, 4.69) is 0 Å². The molecule has 0 fully saturated rings. The Morgan fingerprint density at radius 2 is 1.37 bits per heavy atom. The third-order valence-electron chi connectivity index (χ3n) is 2.40. The molecule has 0 saturated heterocycles. The maximum atomic E-state index is 13.4. The van der Waals surface area contributed by atoms with Crippen molar-refractivity contribution in [3.05, 3.63) is 70.5 Å². The van der Waals surface area contributed by atoms with Crippen LogP contribution >= 0.6 is 0 Å². The van der Waals surface area contributed by atoms with E-state index >= 15 is 0 Å². The zero-order valence-electron chi connectivity index (χ0n) is 9.18. The predicted octanol–water partition coefficient (Wildman–Crippen LogP) is 3.61. The number of rotatable bonds is 2. The fourth-order valence-corrected chi connectivity index (χ4v) is 1.54. The van der Waals surface area contributed by atoms with Gasteiger partial charge in [-0.3, -0.25) is 4.79 Å². The molecule has 0 aliphatic heterocycles. The molecule has 2 aromatic rings. The minimum Gasteiger partial charge on any atom is -0.288 e. The summed E-state index contributed by atoms with van der Waals surface area (Å²) in [4.78, 5) is 11.8. The van der Waals surface area contributed by atoms with Crippen LogP contribution < -0.4 is 0 Å². The lowest BCUT2D eigenvalue weighted by Gasteiger charge is -2.04. The lowest BCUT2D eigenvalue weighted by molar-refractivity contribution is 0.103. The van der Waals surface area contributed by atoms with Crippen LogP contribution in [0.15, 0.2) is 30.3 Å². The molecule has 0 heterocycles. The smallest absolute Gasteiger partial charge is 0.196 e. The van der Waals surface area contributed by atoms with Gasteiger partial charge in [0, 0.05) is 11.6 Å². The van der Waals surface area contributed by atoms with E-state index in [-0.39, 0.29) is 0 Å². The topological polar surface area (TPSA) is 17.1 Å². The Morgan fingerprint density at radius 1 is 0.789 bits per heavy atom. The number of ketones is 1. The van der Waals surface area contributed by atoms with Crippen molar-refractivity contribution in [3.8, 4) is 0 Å². The van der Waals surface area contributed by atoms with Crippen molar-refractivity contribution >= 4 is 5.78 Å². The monoisotopic (exact) mass is 272 g/mol. The van der Waals surface area contributed by atoms with Crippen LogP contribution in [0.3, 0.4) is 0 Å². The number of halogens is 5. The van der Waals surface area contributed by atoms with Crippen molar-refractivity contribution in [3.63, 3.8) is 0 Å². The van der Waals surface area contributed by atoms with Crippen LogP contribution in [0.25, 0.3) is 0 Å². The van der Waals surface area contributed by atoms with Crippen molar-refractivity contribution in [1.29, 1.82) is 0 Å². The van der Waals surface area contributed by atoms with Crippen LogP contribution in [0, 0.1) is 29.1 Å². The van der Waals surface area contributed by atoms with Gasteiger partial charge in [-0.1, -0.05) is 0 Å². The van der Waals surface area contributed by atoms with Gasteiger partial charge in [0.25, 0.3) is 0 Å². The highest BCUT2D eigenvalue weighted by atomic mass is 19.2. The molecule has 0 unspecified atom stereocenters. The van der Waals surface area contributed by atoms with Crippen LogP contribution in [-0.2, 0) is 0 Å². The second kappa shape index (κ2) is 4.79. The first-order chi connectivity index (χ1) is 8.90. The standard InChI is InChI=1S/C13H5F5O/c14-7-3-6(4-8(15)5-7)13(19)9-1-2-10(16)12(18)11(9)17/h1-5H. The van der Waals surface area contributed by atoms with Gasteiger partial charge in [0.05, 0.1) is 5.56 Å². The van der Waals surface area contributed by atoms with Gasteiger partial charge in [0.15, 0.2) is 23.2 Å². The molecule has 0 N–H and O–H groups in total. The Hall–Kier alpha value is -2.24. The van der Waals surface area contributed by atoms with Crippen molar-refractivity contribution in [2.75, 3.05) is 0 Å². The first-order valence-corrected chi connectivity index (χ1v) is 5.04. The molecule has 0 spiro atoms. The molecule has 0 aliphatic carbocycles. The van der Waals surface area contributed by atoms with Crippen molar-refractivity contribution in [2.24, 2.45) is 0 Å². The third-order valence-corrected chi connectivity index (χ3v) is 2.40. The number of carbonyl (C=O) groups excluding carboxylic acids is 1. The molecule has 0 radical (unpaired) electrons. The summed E-state index contributed by atoms with van der Waals surface area (Å²) < 4.78 is 64.9. The maximum Gasteiger partial charge on any atom is 0.196 e. The van der Waals surface area contributed by atoms with E-state index in [4.69, 9.17) is 0 Å². The van der Waals surface area contributed by atoms with Crippen LogP contribution in [0.1, 0.15) is 15.9 Å². The SMILES string of the molecule is O=C(c1cc(F)cc(F)c1)c1ccc(F)c(F)c1F. The Balaban J connectivity index is 2.53. The Kier molecular flexibility index (Phi) is 3.33. The summed E-state index contributed by atoms with van der Waals surface area (Å²) in [6, 6.07) is 3.14. The number of benzene rings is 2. The Morgan fingerprint density at radius 3 is 1.95 bits per heavy atom. The molecule has 6 heteroatoms. The summed E-state index contributed by atoms with van der Waals surface area (Å²) in [7, 11) is 0. The first-order valence-electron chi connectivity index (χ1n) is 5.04. The number of hydrogen-bond acceptors (Lipinski definition) is 1. The van der Waals surface area contributed by atoms with Gasteiger partial charge < -0.3 is 0 Å². The molecule has 2 aromatic carbocycles. The van der Waals surface area contributed by atoms with Crippen molar-refractivity contribution in [2.45, 2.75) is 0 Å². The molecule has 0 amide bonds. The highest BCUT2D eigenvalue weighted by molar-refractivity contribution is 6.09.